The number of benzene rings is 1. The van der Waals surface area contributed by atoms with Crippen molar-refractivity contribution in [2.45, 2.75) is 51.6 Å². The normalized spacial score (nSPS) is 21.5. The summed E-state index contributed by atoms with van der Waals surface area (Å²) in [5.74, 6) is -1.67. The molecule has 0 bridgehead atoms. The van der Waals surface area contributed by atoms with Crippen LogP contribution >= 0.6 is 11.6 Å². The van der Waals surface area contributed by atoms with Gasteiger partial charge in [-0.2, -0.15) is 0 Å². The molecule has 0 aliphatic carbocycles. The molecule has 5 nitrogen and oxygen atoms in total. The molecule has 2 rings (SSSR count). The molecule has 0 amide bonds. The molecule has 2 N–H and O–H groups in total. The van der Waals surface area contributed by atoms with E-state index >= 15 is 0 Å². The average molecular weight is 353 g/mol. The predicted octanol–water partition coefficient (Wildman–Crippen LogP) is 3.93. The molecule has 1 heterocycles. The summed E-state index contributed by atoms with van der Waals surface area (Å²) in [7, 11) is 0. The van der Waals surface area contributed by atoms with Crippen molar-refractivity contribution in [1.82, 2.24) is 0 Å². The van der Waals surface area contributed by atoms with Gasteiger partial charge in [-0.25, -0.2) is 4.79 Å². The van der Waals surface area contributed by atoms with E-state index in [4.69, 9.17) is 16.3 Å². The number of carbonyl (C=O) groups is 2. The van der Waals surface area contributed by atoms with Crippen molar-refractivity contribution >= 4 is 23.4 Å². The van der Waals surface area contributed by atoms with Gasteiger partial charge >= 0.3 is 5.97 Å². The smallest absolute Gasteiger partial charge is 0.342 e. The third-order valence-electron chi connectivity index (χ3n) is 3.94. The van der Waals surface area contributed by atoms with Crippen LogP contribution in [0.2, 0.25) is 5.02 Å². The SMILES string of the molecule is C[C@@H]1CC/C=C\CCCC(=O)Cc2c(Cl)c(O)cc(O)c2C(=O)O1. The van der Waals surface area contributed by atoms with Gasteiger partial charge < -0.3 is 14.9 Å². The first kappa shape index (κ1) is 18.3. The maximum atomic E-state index is 12.4. The molecule has 6 heteroatoms. The summed E-state index contributed by atoms with van der Waals surface area (Å²) in [4.78, 5) is 24.6. The number of hydrogen-bond acceptors (Lipinski definition) is 5. The minimum absolute atomic E-state index is 0.104. The van der Waals surface area contributed by atoms with Crippen LogP contribution in [0.5, 0.6) is 11.5 Å². The summed E-state index contributed by atoms with van der Waals surface area (Å²) in [6.07, 6.45) is 6.80. The lowest BCUT2D eigenvalue weighted by molar-refractivity contribution is -0.118. The standard InChI is InChI=1S/C18H21ClO5/c1-11-7-5-3-2-4-6-8-12(20)9-13-16(18(23)24-11)14(21)10-15(22)17(13)19/h2-3,10-11,21-22H,4-9H2,1H3/b3-2-/t11-/m1/s1. The third-order valence-corrected chi connectivity index (χ3v) is 4.36. The maximum absolute atomic E-state index is 12.4. The fourth-order valence-corrected chi connectivity index (χ4v) is 2.86. The summed E-state index contributed by atoms with van der Waals surface area (Å²) in [6, 6.07) is 0.990. The van der Waals surface area contributed by atoms with Gasteiger partial charge in [0.2, 0.25) is 0 Å². The summed E-state index contributed by atoms with van der Waals surface area (Å²) in [5, 5.41) is 19.8. The lowest BCUT2D eigenvalue weighted by Gasteiger charge is -2.17. The lowest BCUT2D eigenvalue weighted by atomic mass is 9.98. The minimum atomic E-state index is -0.745. The molecule has 24 heavy (non-hydrogen) atoms. The van der Waals surface area contributed by atoms with E-state index in [1.807, 2.05) is 12.2 Å². The van der Waals surface area contributed by atoms with Crippen molar-refractivity contribution in [3.8, 4) is 11.5 Å². The molecular formula is C18H21ClO5. The molecule has 0 saturated heterocycles. The van der Waals surface area contributed by atoms with Crippen molar-refractivity contribution in [2.24, 2.45) is 0 Å². The van der Waals surface area contributed by atoms with Gasteiger partial charge in [0, 0.05) is 24.5 Å². The number of aromatic hydroxyl groups is 2. The fraction of sp³-hybridized carbons (Fsp3) is 0.444. The number of Topliss-reactive ketones (excluding diaryl/α,β-unsaturated/α-hetero) is 1. The van der Waals surface area contributed by atoms with E-state index < -0.39 is 11.7 Å². The fourth-order valence-electron chi connectivity index (χ4n) is 2.65. The molecule has 0 spiro atoms. The van der Waals surface area contributed by atoms with Crippen LogP contribution in [0.3, 0.4) is 0 Å². The molecule has 0 fully saturated rings. The van der Waals surface area contributed by atoms with Gasteiger partial charge in [0.05, 0.1) is 11.1 Å². The number of ether oxygens (including phenoxy) is 1. The monoisotopic (exact) mass is 352 g/mol. The molecule has 0 unspecified atom stereocenters. The van der Waals surface area contributed by atoms with Gasteiger partial charge in [-0.1, -0.05) is 23.8 Å². The largest absolute Gasteiger partial charge is 0.507 e. The zero-order valence-corrected chi connectivity index (χ0v) is 14.3. The number of halogens is 1. The number of rotatable bonds is 0. The molecule has 130 valence electrons. The Kier molecular flexibility index (Phi) is 6.26. The number of phenols is 2. The molecule has 1 aromatic carbocycles. The molecule has 1 aliphatic heterocycles. The second kappa shape index (κ2) is 8.20. The van der Waals surface area contributed by atoms with Gasteiger partial charge in [-0.05, 0) is 32.6 Å². The molecule has 0 radical (unpaired) electrons. The molecule has 1 aromatic rings. The first-order valence-electron chi connectivity index (χ1n) is 8.01. The van der Waals surface area contributed by atoms with Crippen LogP contribution < -0.4 is 0 Å². The van der Waals surface area contributed by atoms with E-state index in [1.165, 1.54) is 0 Å². The molecule has 1 atom stereocenters. The predicted molar refractivity (Wildman–Crippen MR) is 90.6 cm³/mol. The Labute approximate surface area is 145 Å². The number of hydrogen-bond donors (Lipinski definition) is 2. The molecular weight excluding hydrogens is 332 g/mol. The highest BCUT2D eigenvalue weighted by Crippen LogP contribution is 2.37. The first-order valence-corrected chi connectivity index (χ1v) is 8.39. The highest BCUT2D eigenvalue weighted by molar-refractivity contribution is 6.33. The number of ketones is 1. The first-order chi connectivity index (χ1) is 11.4. The van der Waals surface area contributed by atoms with Crippen LogP contribution in [0.15, 0.2) is 18.2 Å². The number of cyclic esters (lactones) is 1. The number of phenolic OH excluding ortho intramolecular Hbond substituents is 2. The van der Waals surface area contributed by atoms with Crippen molar-refractivity contribution in [3.63, 3.8) is 0 Å². The van der Waals surface area contributed by atoms with Gasteiger partial charge in [-0.3, -0.25) is 4.79 Å². The zero-order chi connectivity index (χ0) is 17.7. The number of allylic oxidation sites excluding steroid dienone is 2. The number of carbonyl (C=O) groups excluding carboxylic acids is 2. The summed E-state index contributed by atoms with van der Waals surface area (Å²) in [6.45, 7) is 1.77. The van der Waals surface area contributed by atoms with Crippen LogP contribution in [0.1, 0.15) is 54.9 Å². The van der Waals surface area contributed by atoms with E-state index in [0.29, 0.717) is 19.3 Å². The van der Waals surface area contributed by atoms with Gasteiger partial charge in [-0.15, -0.1) is 0 Å². The summed E-state index contributed by atoms with van der Waals surface area (Å²) in [5.41, 5.74) is -0.0328. The molecule has 1 aliphatic rings. The Balaban J connectivity index is 2.42. The van der Waals surface area contributed by atoms with Crippen molar-refractivity contribution < 1.29 is 24.5 Å². The van der Waals surface area contributed by atoms with Gasteiger partial charge in [0.25, 0.3) is 0 Å². The molecule has 0 aromatic heterocycles. The summed E-state index contributed by atoms with van der Waals surface area (Å²) >= 11 is 6.07. The highest BCUT2D eigenvalue weighted by atomic mass is 35.5. The Morgan fingerprint density at radius 3 is 2.62 bits per heavy atom. The second-order valence-electron chi connectivity index (χ2n) is 5.95. The van der Waals surface area contributed by atoms with Crippen molar-refractivity contribution in [1.29, 1.82) is 0 Å². The van der Waals surface area contributed by atoms with Crippen LogP contribution in [0, 0.1) is 0 Å². The van der Waals surface area contributed by atoms with Gasteiger partial charge in [0.1, 0.15) is 22.8 Å². The molecule has 0 saturated carbocycles. The van der Waals surface area contributed by atoms with Crippen molar-refractivity contribution in [3.05, 3.63) is 34.4 Å². The quantitative estimate of drug-likeness (QED) is 0.546. The Bertz CT molecular complexity index is 666. The van der Waals surface area contributed by atoms with E-state index in [0.717, 1.165) is 18.9 Å². The van der Waals surface area contributed by atoms with Crippen LogP contribution in [-0.2, 0) is 16.0 Å². The Morgan fingerprint density at radius 1 is 1.17 bits per heavy atom. The lowest BCUT2D eigenvalue weighted by Crippen LogP contribution is -2.18. The number of esters is 1. The Morgan fingerprint density at radius 2 is 1.88 bits per heavy atom. The van der Waals surface area contributed by atoms with Crippen LogP contribution in [0.25, 0.3) is 0 Å². The maximum Gasteiger partial charge on any atom is 0.342 e. The van der Waals surface area contributed by atoms with Gasteiger partial charge in [0.15, 0.2) is 0 Å². The highest BCUT2D eigenvalue weighted by Gasteiger charge is 2.26. The van der Waals surface area contributed by atoms with E-state index in [-0.39, 0.29) is 40.2 Å². The summed E-state index contributed by atoms with van der Waals surface area (Å²) < 4.78 is 5.35. The average Bonchev–Trinajstić information content (AvgIpc) is 2.50. The second-order valence-corrected chi connectivity index (χ2v) is 6.33. The van der Waals surface area contributed by atoms with E-state index in [2.05, 4.69) is 0 Å². The zero-order valence-electron chi connectivity index (χ0n) is 13.5. The van der Waals surface area contributed by atoms with E-state index in [1.54, 1.807) is 6.92 Å². The van der Waals surface area contributed by atoms with Crippen molar-refractivity contribution in [2.75, 3.05) is 0 Å². The third kappa shape index (κ3) is 4.51. The Hall–Kier alpha value is -2.01. The number of fused-ring (bicyclic) bond motifs is 1. The van der Waals surface area contributed by atoms with Crippen LogP contribution in [-0.4, -0.2) is 28.1 Å². The topological polar surface area (TPSA) is 83.8 Å². The van der Waals surface area contributed by atoms with Crippen LogP contribution in [0.4, 0.5) is 0 Å². The van der Waals surface area contributed by atoms with E-state index in [9.17, 15) is 19.8 Å². The minimum Gasteiger partial charge on any atom is -0.507 e.